The summed E-state index contributed by atoms with van der Waals surface area (Å²) in [5.74, 6) is 0.360. The number of piperazine rings is 1. The van der Waals surface area contributed by atoms with Crippen LogP contribution in [0.3, 0.4) is 0 Å². The van der Waals surface area contributed by atoms with Crippen LogP contribution in [0.25, 0.3) is 0 Å². The molecule has 1 atom stereocenters. The molecule has 0 saturated carbocycles. The van der Waals surface area contributed by atoms with Gasteiger partial charge in [0, 0.05) is 39.3 Å². The number of amides is 2. The maximum absolute atomic E-state index is 12.8. The smallest absolute Gasteiger partial charge is 0.251 e. The molecule has 6 nitrogen and oxygen atoms in total. The van der Waals surface area contributed by atoms with Gasteiger partial charge < -0.3 is 14.5 Å². The third-order valence-electron chi connectivity index (χ3n) is 5.61. The van der Waals surface area contributed by atoms with E-state index >= 15 is 0 Å². The third-order valence-corrected chi connectivity index (χ3v) is 5.61. The number of nitrogens with zero attached hydrogens (tertiary/aromatic N) is 3. The van der Waals surface area contributed by atoms with Gasteiger partial charge in [-0.1, -0.05) is 0 Å². The van der Waals surface area contributed by atoms with Gasteiger partial charge in [0.2, 0.25) is 5.91 Å². The lowest BCUT2D eigenvalue weighted by Gasteiger charge is -2.51. The Labute approximate surface area is 132 Å². The standard InChI is InChI=1S/C16H27N3O3/c1-3-18-11-10-17(2)16(15(18)21)6-8-19(9-7-16)14(20)13-5-4-12-22-13/h13H,3-12H2,1-2H3/t13-/m1/s1. The van der Waals surface area contributed by atoms with Crippen LogP contribution in [0.15, 0.2) is 0 Å². The van der Waals surface area contributed by atoms with Crippen LogP contribution in [0.2, 0.25) is 0 Å². The highest BCUT2D eigenvalue weighted by Gasteiger charge is 2.49. The zero-order valence-corrected chi connectivity index (χ0v) is 13.7. The molecule has 0 aliphatic carbocycles. The van der Waals surface area contributed by atoms with Gasteiger partial charge in [-0.05, 0) is 39.7 Å². The fraction of sp³-hybridized carbons (Fsp3) is 0.875. The molecule has 0 aromatic carbocycles. The highest BCUT2D eigenvalue weighted by Crippen LogP contribution is 2.33. The van der Waals surface area contributed by atoms with Crippen molar-refractivity contribution in [3.8, 4) is 0 Å². The Morgan fingerprint density at radius 3 is 2.59 bits per heavy atom. The molecular formula is C16H27N3O3. The van der Waals surface area contributed by atoms with Crippen molar-refractivity contribution in [1.29, 1.82) is 0 Å². The second-order valence-electron chi connectivity index (χ2n) is 6.66. The lowest BCUT2D eigenvalue weighted by molar-refractivity contribution is -0.158. The minimum absolute atomic E-state index is 0.116. The molecule has 124 valence electrons. The number of hydrogen-bond donors (Lipinski definition) is 0. The summed E-state index contributed by atoms with van der Waals surface area (Å²) >= 11 is 0. The third kappa shape index (κ3) is 2.52. The average Bonchev–Trinajstić information content (AvgIpc) is 3.07. The van der Waals surface area contributed by atoms with Crippen LogP contribution < -0.4 is 0 Å². The van der Waals surface area contributed by atoms with Crippen LogP contribution in [0.4, 0.5) is 0 Å². The fourth-order valence-electron chi connectivity index (χ4n) is 4.01. The second kappa shape index (κ2) is 6.16. The molecule has 3 aliphatic heterocycles. The number of likely N-dealkylation sites (tertiary alicyclic amines) is 1. The topological polar surface area (TPSA) is 53.1 Å². The quantitative estimate of drug-likeness (QED) is 0.737. The summed E-state index contributed by atoms with van der Waals surface area (Å²) in [6.07, 6.45) is 3.03. The Hall–Kier alpha value is -1.14. The predicted molar refractivity (Wildman–Crippen MR) is 82.4 cm³/mol. The van der Waals surface area contributed by atoms with Gasteiger partial charge in [0.15, 0.2) is 0 Å². The number of likely N-dealkylation sites (N-methyl/N-ethyl adjacent to an activating group) is 2. The van der Waals surface area contributed by atoms with Gasteiger partial charge in [0.05, 0.1) is 0 Å². The summed E-state index contributed by atoms with van der Waals surface area (Å²) < 4.78 is 5.50. The van der Waals surface area contributed by atoms with E-state index in [-0.39, 0.29) is 17.9 Å². The minimum Gasteiger partial charge on any atom is -0.368 e. The molecule has 0 bridgehead atoms. The Kier molecular flexibility index (Phi) is 4.41. The zero-order chi connectivity index (χ0) is 15.7. The molecule has 2 amide bonds. The van der Waals surface area contributed by atoms with Gasteiger partial charge in [0.1, 0.15) is 11.6 Å². The Bertz CT molecular complexity index is 440. The van der Waals surface area contributed by atoms with E-state index in [9.17, 15) is 9.59 Å². The van der Waals surface area contributed by atoms with Gasteiger partial charge in [-0.3, -0.25) is 14.5 Å². The molecule has 0 unspecified atom stereocenters. The maximum Gasteiger partial charge on any atom is 0.251 e. The monoisotopic (exact) mass is 309 g/mol. The first-order valence-corrected chi connectivity index (χ1v) is 8.49. The zero-order valence-electron chi connectivity index (χ0n) is 13.7. The molecule has 3 heterocycles. The fourth-order valence-corrected chi connectivity index (χ4v) is 4.01. The molecule has 3 rings (SSSR count). The van der Waals surface area contributed by atoms with Crippen molar-refractivity contribution in [1.82, 2.24) is 14.7 Å². The first kappa shape index (κ1) is 15.7. The first-order valence-electron chi connectivity index (χ1n) is 8.49. The van der Waals surface area contributed by atoms with E-state index in [0.717, 1.165) is 45.3 Å². The van der Waals surface area contributed by atoms with E-state index in [1.165, 1.54) is 0 Å². The summed E-state index contributed by atoms with van der Waals surface area (Å²) in [5.41, 5.74) is -0.401. The summed E-state index contributed by atoms with van der Waals surface area (Å²) in [6.45, 7) is 6.55. The molecule has 3 fully saturated rings. The highest BCUT2D eigenvalue weighted by molar-refractivity contribution is 5.88. The first-order chi connectivity index (χ1) is 10.6. The molecule has 22 heavy (non-hydrogen) atoms. The summed E-state index contributed by atoms with van der Waals surface area (Å²) in [7, 11) is 2.04. The van der Waals surface area contributed by atoms with Gasteiger partial charge in [0.25, 0.3) is 5.91 Å². The number of rotatable bonds is 2. The molecule has 0 aromatic rings. The van der Waals surface area contributed by atoms with E-state index in [0.29, 0.717) is 19.7 Å². The van der Waals surface area contributed by atoms with Crippen molar-refractivity contribution in [2.75, 3.05) is 46.4 Å². The van der Waals surface area contributed by atoms with Gasteiger partial charge in [-0.15, -0.1) is 0 Å². The molecule has 3 aliphatic rings. The van der Waals surface area contributed by atoms with E-state index < -0.39 is 5.54 Å². The van der Waals surface area contributed by atoms with Crippen LogP contribution in [0, 0.1) is 0 Å². The highest BCUT2D eigenvalue weighted by atomic mass is 16.5. The van der Waals surface area contributed by atoms with Gasteiger partial charge in [-0.25, -0.2) is 0 Å². The summed E-state index contributed by atoms with van der Waals surface area (Å²) in [4.78, 5) is 31.3. The largest absolute Gasteiger partial charge is 0.368 e. The molecule has 1 spiro atoms. The number of hydrogen-bond acceptors (Lipinski definition) is 4. The van der Waals surface area contributed by atoms with Crippen LogP contribution in [-0.2, 0) is 14.3 Å². The Morgan fingerprint density at radius 1 is 1.27 bits per heavy atom. The Morgan fingerprint density at radius 2 is 2.00 bits per heavy atom. The van der Waals surface area contributed by atoms with Crippen molar-refractivity contribution in [2.45, 2.75) is 44.2 Å². The summed E-state index contributed by atoms with van der Waals surface area (Å²) in [6, 6.07) is 0. The van der Waals surface area contributed by atoms with E-state index in [1.54, 1.807) is 0 Å². The minimum atomic E-state index is -0.401. The van der Waals surface area contributed by atoms with Crippen molar-refractivity contribution >= 4 is 11.8 Å². The molecule has 0 aromatic heterocycles. The number of carbonyl (C=O) groups excluding carboxylic acids is 2. The van der Waals surface area contributed by atoms with Crippen molar-refractivity contribution in [3.05, 3.63) is 0 Å². The second-order valence-corrected chi connectivity index (χ2v) is 6.66. The number of piperidine rings is 1. The average molecular weight is 309 g/mol. The van der Waals surface area contributed by atoms with Crippen molar-refractivity contribution in [2.24, 2.45) is 0 Å². The molecule has 0 radical (unpaired) electrons. The van der Waals surface area contributed by atoms with Crippen molar-refractivity contribution < 1.29 is 14.3 Å². The maximum atomic E-state index is 12.8. The van der Waals surface area contributed by atoms with Crippen molar-refractivity contribution in [3.63, 3.8) is 0 Å². The Balaban J connectivity index is 1.66. The molecule has 6 heteroatoms. The SMILES string of the molecule is CCN1CCN(C)C2(CCN(C(=O)[C@H]3CCCO3)CC2)C1=O. The summed E-state index contributed by atoms with van der Waals surface area (Å²) in [5, 5.41) is 0. The lowest BCUT2D eigenvalue weighted by Crippen LogP contribution is -2.68. The van der Waals surface area contributed by atoms with E-state index in [4.69, 9.17) is 4.74 Å². The van der Waals surface area contributed by atoms with Crippen LogP contribution >= 0.6 is 0 Å². The van der Waals surface area contributed by atoms with E-state index in [1.807, 2.05) is 23.8 Å². The van der Waals surface area contributed by atoms with Gasteiger partial charge in [-0.2, -0.15) is 0 Å². The number of carbonyl (C=O) groups is 2. The number of ether oxygens (including phenoxy) is 1. The van der Waals surface area contributed by atoms with E-state index in [2.05, 4.69) is 4.90 Å². The molecular weight excluding hydrogens is 282 g/mol. The molecule has 3 saturated heterocycles. The van der Waals surface area contributed by atoms with Crippen LogP contribution in [0.5, 0.6) is 0 Å². The van der Waals surface area contributed by atoms with Crippen LogP contribution in [-0.4, -0.2) is 84.5 Å². The van der Waals surface area contributed by atoms with Crippen LogP contribution in [0.1, 0.15) is 32.6 Å². The predicted octanol–water partition coefficient (Wildman–Crippen LogP) is 0.321. The molecule has 0 N–H and O–H groups in total. The normalized spacial score (nSPS) is 29.4. The van der Waals surface area contributed by atoms with Gasteiger partial charge >= 0.3 is 0 Å². The lowest BCUT2D eigenvalue weighted by atomic mass is 9.82.